The van der Waals surface area contributed by atoms with Gasteiger partial charge in [-0.15, -0.1) is 0 Å². The van der Waals surface area contributed by atoms with Crippen LogP contribution in [0.2, 0.25) is 0 Å². The lowest BCUT2D eigenvalue weighted by atomic mass is 9.47. The molecule has 4 nitrogen and oxygen atoms in total. The summed E-state index contributed by atoms with van der Waals surface area (Å²) in [6.07, 6.45) is 12.9. The molecule has 7 unspecified atom stereocenters. The van der Waals surface area contributed by atoms with Crippen LogP contribution in [0.4, 0.5) is 0 Å². The summed E-state index contributed by atoms with van der Waals surface area (Å²) in [7, 11) is 0. The van der Waals surface area contributed by atoms with Crippen LogP contribution >= 0.6 is 0 Å². The van der Waals surface area contributed by atoms with E-state index in [9.17, 15) is 14.7 Å². The van der Waals surface area contributed by atoms with E-state index < -0.39 is 5.60 Å². The molecule has 0 aliphatic heterocycles. The summed E-state index contributed by atoms with van der Waals surface area (Å²) >= 11 is 0. The molecule has 0 radical (unpaired) electrons. The van der Waals surface area contributed by atoms with Gasteiger partial charge in [0.15, 0.2) is 11.4 Å². The summed E-state index contributed by atoms with van der Waals surface area (Å²) in [6, 6.07) is 0. The monoisotopic (exact) mass is 442 g/mol. The molecule has 0 aromatic carbocycles. The molecule has 0 saturated heterocycles. The highest BCUT2D eigenvalue weighted by Gasteiger charge is 2.67. The number of ketones is 1. The summed E-state index contributed by atoms with van der Waals surface area (Å²) in [5.74, 6) is 1.08. The standard InChI is InChI=1S/C28H42O4/c1-6-7-8-9-25(31)32-28(19(3)29)15-12-23-21-16-18(2)24-17-20(30)10-13-26(24,4)22(21)11-14-27(23,28)5/h16-17,20-23,30H,6-15H2,1-5H3. The van der Waals surface area contributed by atoms with Crippen molar-refractivity contribution < 1.29 is 19.4 Å². The number of carbonyl (C=O) groups excluding carboxylic acids is 2. The second kappa shape index (κ2) is 8.42. The number of esters is 1. The highest BCUT2D eigenvalue weighted by Crippen LogP contribution is 2.68. The molecule has 0 aromatic heterocycles. The van der Waals surface area contributed by atoms with Gasteiger partial charge in [-0.05, 0) is 87.5 Å². The van der Waals surface area contributed by atoms with Crippen LogP contribution in [0, 0.1) is 28.6 Å². The van der Waals surface area contributed by atoms with Crippen molar-refractivity contribution in [3.8, 4) is 0 Å². The van der Waals surface area contributed by atoms with E-state index in [0.29, 0.717) is 30.6 Å². The molecule has 4 aliphatic carbocycles. The van der Waals surface area contributed by atoms with Crippen LogP contribution in [0.1, 0.15) is 98.8 Å². The van der Waals surface area contributed by atoms with E-state index in [0.717, 1.165) is 51.4 Å². The minimum Gasteiger partial charge on any atom is -0.450 e. The predicted octanol–water partition coefficient (Wildman–Crippen LogP) is 5.93. The molecule has 4 rings (SSSR count). The number of hydrogen-bond acceptors (Lipinski definition) is 4. The maximum atomic E-state index is 13.1. The summed E-state index contributed by atoms with van der Waals surface area (Å²) in [4.78, 5) is 25.9. The minimum atomic E-state index is -0.979. The number of aliphatic hydroxyl groups is 1. The number of fused-ring (bicyclic) bond motifs is 5. The number of ether oxygens (including phenoxy) is 1. The van der Waals surface area contributed by atoms with Crippen LogP contribution < -0.4 is 0 Å². The Hall–Kier alpha value is -1.42. The van der Waals surface area contributed by atoms with E-state index in [1.807, 2.05) is 0 Å². The van der Waals surface area contributed by atoms with Gasteiger partial charge in [-0.1, -0.05) is 51.3 Å². The third-order valence-corrected chi connectivity index (χ3v) is 9.91. The fourth-order valence-electron chi connectivity index (χ4n) is 8.15. The van der Waals surface area contributed by atoms with Crippen LogP contribution in [-0.4, -0.2) is 28.6 Å². The molecule has 4 heteroatoms. The Morgan fingerprint density at radius 2 is 1.78 bits per heavy atom. The minimum absolute atomic E-state index is 0.0221. The lowest BCUT2D eigenvalue weighted by Gasteiger charge is -2.58. The average molecular weight is 443 g/mol. The molecule has 0 bridgehead atoms. The van der Waals surface area contributed by atoms with Gasteiger partial charge in [-0.3, -0.25) is 9.59 Å². The van der Waals surface area contributed by atoms with E-state index in [4.69, 9.17) is 4.74 Å². The van der Waals surface area contributed by atoms with Gasteiger partial charge >= 0.3 is 5.97 Å². The fraction of sp³-hybridized carbons (Fsp3) is 0.786. The Balaban J connectivity index is 1.66. The van der Waals surface area contributed by atoms with E-state index in [-0.39, 0.29) is 28.7 Å². The number of Topliss-reactive ketones (excluding diaryl/α,β-unsaturated/α-hetero) is 1. The third-order valence-electron chi connectivity index (χ3n) is 9.91. The van der Waals surface area contributed by atoms with Crippen LogP contribution in [-0.2, 0) is 14.3 Å². The zero-order valence-corrected chi connectivity index (χ0v) is 20.7. The first-order chi connectivity index (χ1) is 15.1. The molecule has 0 aromatic rings. The molecular weight excluding hydrogens is 400 g/mol. The van der Waals surface area contributed by atoms with E-state index >= 15 is 0 Å². The molecular formula is C28H42O4. The Bertz CT molecular complexity index is 840. The Kier molecular flexibility index (Phi) is 6.24. The average Bonchev–Trinajstić information content (AvgIpc) is 3.03. The summed E-state index contributed by atoms with van der Waals surface area (Å²) in [5.41, 5.74) is 1.41. The Morgan fingerprint density at radius 3 is 2.47 bits per heavy atom. The van der Waals surface area contributed by atoms with Gasteiger partial charge in [-0.25, -0.2) is 0 Å². The van der Waals surface area contributed by atoms with E-state index in [1.165, 1.54) is 11.1 Å². The number of carbonyl (C=O) groups is 2. The molecule has 7 atom stereocenters. The zero-order chi connectivity index (χ0) is 23.3. The first-order valence-electron chi connectivity index (χ1n) is 12.9. The number of allylic oxidation sites excluding steroid dienone is 3. The normalized spacial score (nSPS) is 42.8. The molecule has 0 amide bonds. The summed E-state index contributed by atoms with van der Waals surface area (Å²) in [6.45, 7) is 10.6. The van der Waals surface area contributed by atoms with Gasteiger partial charge < -0.3 is 9.84 Å². The second-order valence-electron chi connectivity index (χ2n) is 11.6. The SMILES string of the molecule is CCCCCC(=O)OC1(C(C)=O)CCC2C3C=C(C)C4=CC(O)CCC4(C)C3CCC21C. The van der Waals surface area contributed by atoms with Gasteiger partial charge in [0.25, 0.3) is 0 Å². The van der Waals surface area contributed by atoms with Crippen LogP contribution in [0.25, 0.3) is 0 Å². The largest absolute Gasteiger partial charge is 0.450 e. The van der Waals surface area contributed by atoms with Crippen molar-refractivity contribution in [1.29, 1.82) is 0 Å². The lowest BCUT2D eigenvalue weighted by molar-refractivity contribution is -0.187. The number of unbranched alkanes of at least 4 members (excludes halogenated alkanes) is 2. The number of aliphatic hydroxyl groups excluding tert-OH is 1. The van der Waals surface area contributed by atoms with Crippen molar-refractivity contribution in [3.05, 3.63) is 23.3 Å². The Morgan fingerprint density at radius 1 is 1.06 bits per heavy atom. The first kappa shape index (κ1) is 23.7. The van der Waals surface area contributed by atoms with E-state index in [1.54, 1.807) is 6.92 Å². The van der Waals surface area contributed by atoms with Gasteiger partial charge in [0.2, 0.25) is 0 Å². The van der Waals surface area contributed by atoms with Crippen LogP contribution in [0.15, 0.2) is 23.3 Å². The third kappa shape index (κ3) is 3.43. The van der Waals surface area contributed by atoms with Crippen molar-refractivity contribution in [2.75, 3.05) is 0 Å². The van der Waals surface area contributed by atoms with Crippen molar-refractivity contribution in [3.63, 3.8) is 0 Å². The first-order valence-corrected chi connectivity index (χ1v) is 12.9. The van der Waals surface area contributed by atoms with Crippen molar-refractivity contribution in [1.82, 2.24) is 0 Å². The fourth-order valence-corrected chi connectivity index (χ4v) is 8.15. The maximum absolute atomic E-state index is 13.1. The molecule has 0 spiro atoms. The quantitative estimate of drug-likeness (QED) is 0.409. The molecule has 0 heterocycles. The lowest BCUT2D eigenvalue weighted by Crippen LogP contribution is -2.58. The van der Waals surface area contributed by atoms with Crippen molar-refractivity contribution >= 4 is 11.8 Å². The number of rotatable bonds is 6. The van der Waals surface area contributed by atoms with Gasteiger partial charge in [0, 0.05) is 11.8 Å². The molecule has 4 aliphatic rings. The zero-order valence-electron chi connectivity index (χ0n) is 20.7. The van der Waals surface area contributed by atoms with Crippen molar-refractivity contribution in [2.24, 2.45) is 28.6 Å². The molecule has 32 heavy (non-hydrogen) atoms. The highest BCUT2D eigenvalue weighted by atomic mass is 16.6. The van der Waals surface area contributed by atoms with Crippen molar-refractivity contribution in [2.45, 2.75) is 111 Å². The molecule has 1 N–H and O–H groups in total. The van der Waals surface area contributed by atoms with Crippen LogP contribution in [0.5, 0.6) is 0 Å². The second-order valence-corrected chi connectivity index (χ2v) is 11.6. The Labute approximate surface area is 193 Å². The van der Waals surface area contributed by atoms with E-state index in [2.05, 4.69) is 39.8 Å². The molecule has 2 fully saturated rings. The smallest absolute Gasteiger partial charge is 0.306 e. The van der Waals surface area contributed by atoms with Gasteiger partial charge in [0.05, 0.1) is 6.10 Å². The topological polar surface area (TPSA) is 63.6 Å². The number of hydrogen-bond donors (Lipinski definition) is 1. The molecule has 178 valence electrons. The predicted molar refractivity (Wildman–Crippen MR) is 126 cm³/mol. The molecule has 2 saturated carbocycles. The highest BCUT2D eigenvalue weighted by molar-refractivity contribution is 5.89. The van der Waals surface area contributed by atoms with Gasteiger partial charge in [0.1, 0.15) is 0 Å². The summed E-state index contributed by atoms with van der Waals surface area (Å²) in [5, 5.41) is 10.3. The summed E-state index contributed by atoms with van der Waals surface area (Å²) < 4.78 is 6.18. The maximum Gasteiger partial charge on any atom is 0.306 e. The van der Waals surface area contributed by atoms with Crippen LogP contribution in [0.3, 0.4) is 0 Å². The van der Waals surface area contributed by atoms with Gasteiger partial charge in [-0.2, -0.15) is 0 Å².